The second-order valence-corrected chi connectivity index (χ2v) is 6.25. The van der Waals surface area contributed by atoms with E-state index >= 15 is 0 Å². The number of benzene rings is 2. The molecule has 0 aliphatic heterocycles. The lowest BCUT2D eigenvalue weighted by Gasteiger charge is -2.21. The van der Waals surface area contributed by atoms with Crippen molar-refractivity contribution in [1.29, 1.82) is 0 Å². The molecule has 2 aromatic rings. The molecule has 0 aliphatic carbocycles. The molecule has 1 N–H and O–H groups in total. The highest BCUT2D eigenvalue weighted by atomic mass is 16.5. The Balaban J connectivity index is 1.90. The fourth-order valence-corrected chi connectivity index (χ4v) is 2.64. The van der Waals surface area contributed by atoms with Gasteiger partial charge in [0.1, 0.15) is 11.5 Å². The quantitative estimate of drug-likeness (QED) is 0.775. The maximum absolute atomic E-state index is 12.4. The molecular weight excluding hydrogens is 344 g/mol. The molecular formula is C21H26N2O4. The largest absolute Gasteiger partial charge is 0.497 e. The van der Waals surface area contributed by atoms with Gasteiger partial charge in [0.05, 0.1) is 13.7 Å². The zero-order valence-corrected chi connectivity index (χ0v) is 16.2. The minimum atomic E-state index is -0.273. The van der Waals surface area contributed by atoms with Gasteiger partial charge in [-0.05, 0) is 44.5 Å². The molecule has 0 heterocycles. The van der Waals surface area contributed by atoms with Crippen LogP contribution in [0.15, 0.2) is 42.5 Å². The second kappa shape index (κ2) is 9.62. The lowest BCUT2D eigenvalue weighted by Crippen LogP contribution is -2.40. The number of anilines is 1. The van der Waals surface area contributed by atoms with Crippen molar-refractivity contribution < 1.29 is 19.1 Å². The van der Waals surface area contributed by atoms with Crippen LogP contribution in [0.1, 0.15) is 18.1 Å². The van der Waals surface area contributed by atoms with Gasteiger partial charge >= 0.3 is 0 Å². The third-order valence-electron chi connectivity index (χ3n) is 4.10. The van der Waals surface area contributed by atoms with E-state index in [2.05, 4.69) is 5.32 Å². The number of ether oxygens (including phenoxy) is 2. The molecule has 6 nitrogen and oxygen atoms in total. The van der Waals surface area contributed by atoms with E-state index in [1.165, 1.54) is 4.90 Å². The van der Waals surface area contributed by atoms with Gasteiger partial charge < -0.3 is 19.7 Å². The van der Waals surface area contributed by atoms with Crippen LogP contribution in [0.5, 0.6) is 11.5 Å². The molecule has 0 aromatic heterocycles. The van der Waals surface area contributed by atoms with Crippen molar-refractivity contribution >= 4 is 17.5 Å². The Morgan fingerprint density at radius 1 is 1.11 bits per heavy atom. The molecule has 0 fully saturated rings. The minimum Gasteiger partial charge on any atom is -0.497 e. The van der Waals surface area contributed by atoms with Crippen molar-refractivity contribution in [2.45, 2.75) is 20.8 Å². The number of nitrogens with one attached hydrogen (secondary N) is 1. The summed E-state index contributed by atoms with van der Waals surface area (Å²) in [5.41, 5.74) is 2.73. The number of aryl methyl sites for hydroxylation is 2. The van der Waals surface area contributed by atoms with Crippen LogP contribution in [0.3, 0.4) is 0 Å². The Kier molecular flexibility index (Phi) is 7.23. The van der Waals surface area contributed by atoms with E-state index in [9.17, 15) is 9.59 Å². The highest BCUT2D eigenvalue weighted by molar-refractivity contribution is 5.94. The van der Waals surface area contributed by atoms with Crippen LogP contribution in [-0.4, -0.2) is 43.5 Å². The Labute approximate surface area is 160 Å². The molecule has 2 aromatic carbocycles. The molecule has 27 heavy (non-hydrogen) atoms. The molecule has 0 atom stereocenters. The number of hydrogen-bond donors (Lipinski definition) is 1. The lowest BCUT2D eigenvalue weighted by molar-refractivity contribution is -0.136. The van der Waals surface area contributed by atoms with Gasteiger partial charge in [-0.3, -0.25) is 9.59 Å². The summed E-state index contributed by atoms with van der Waals surface area (Å²) in [6, 6.07) is 12.9. The second-order valence-electron chi connectivity index (χ2n) is 6.25. The van der Waals surface area contributed by atoms with Crippen molar-refractivity contribution in [3.63, 3.8) is 0 Å². The predicted octanol–water partition coefficient (Wildman–Crippen LogP) is 3.18. The van der Waals surface area contributed by atoms with Crippen molar-refractivity contribution in [3.8, 4) is 11.5 Å². The maximum Gasteiger partial charge on any atom is 0.260 e. The zero-order valence-electron chi connectivity index (χ0n) is 16.2. The predicted molar refractivity (Wildman–Crippen MR) is 105 cm³/mol. The van der Waals surface area contributed by atoms with Gasteiger partial charge in [0.2, 0.25) is 5.91 Å². The van der Waals surface area contributed by atoms with Gasteiger partial charge in [-0.1, -0.05) is 23.8 Å². The molecule has 0 radical (unpaired) electrons. The van der Waals surface area contributed by atoms with Crippen LogP contribution in [0.25, 0.3) is 0 Å². The SMILES string of the molecule is CCN(CC(=O)Nc1cccc(OC)c1)C(=O)COc1ccc(C)cc1C. The number of likely N-dealkylation sites (N-methyl/N-ethyl adjacent to an activating group) is 1. The number of hydrogen-bond acceptors (Lipinski definition) is 4. The Bertz CT molecular complexity index is 805. The third kappa shape index (κ3) is 6.02. The normalized spacial score (nSPS) is 10.2. The summed E-state index contributed by atoms with van der Waals surface area (Å²) in [5.74, 6) is 0.812. The van der Waals surface area contributed by atoms with Gasteiger partial charge in [0.25, 0.3) is 5.91 Å². The van der Waals surface area contributed by atoms with Crippen LogP contribution in [0.2, 0.25) is 0 Å². The number of amides is 2. The summed E-state index contributed by atoms with van der Waals surface area (Å²) in [5, 5.41) is 2.77. The molecule has 0 unspecified atom stereocenters. The molecule has 0 aliphatic rings. The van der Waals surface area contributed by atoms with E-state index in [4.69, 9.17) is 9.47 Å². The molecule has 6 heteroatoms. The monoisotopic (exact) mass is 370 g/mol. The molecule has 2 amide bonds. The van der Waals surface area contributed by atoms with Gasteiger partial charge in [-0.25, -0.2) is 0 Å². The Hall–Kier alpha value is -3.02. The molecule has 0 saturated heterocycles. The van der Waals surface area contributed by atoms with Gasteiger partial charge in [-0.2, -0.15) is 0 Å². The Morgan fingerprint density at radius 3 is 2.56 bits per heavy atom. The minimum absolute atomic E-state index is 0.0389. The summed E-state index contributed by atoms with van der Waals surface area (Å²) in [6.07, 6.45) is 0. The number of rotatable bonds is 8. The number of nitrogens with zero attached hydrogens (tertiary/aromatic N) is 1. The average Bonchev–Trinajstić information content (AvgIpc) is 2.65. The highest BCUT2D eigenvalue weighted by Crippen LogP contribution is 2.19. The first-order valence-electron chi connectivity index (χ1n) is 8.84. The summed E-state index contributed by atoms with van der Waals surface area (Å²) < 4.78 is 10.8. The van der Waals surface area contributed by atoms with E-state index in [0.29, 0.717) is 23.7 Å². The third-order valence-corrected chi connectivity index (χ3v) is 4.10. The van der Waals surface area contributed by atoms with Crippen LogP contribution < -0.4 is 14.8 Å². The smallest absolute Gasteiger partial charge is 0.260 e. The van der Waals surface area contributed by atoms with Crippen LogP contribution in [-0.2, 0) is 9.59 Å². The maximum atomic E-state index is 12.4. The van der Waals surface area contributed by atoms with Crippen molar-refractivity contribution in [1.82, 2.24) is 4.90 Å². The average molecular weight is 370 g/mol. The highest BCUT2D eigenvalue weighted by Gasteiger charge is 2.17. The fourth-order valence-electron chi connectivity index (χ4n) is 2.64. The molecule has 0 spiro atoms. The van der Waals surface area contributed by atoms with Crippen LogP contribution >= 0.6 is 0 Å². The first-order valence-corrected chi connectivity index (χ1v) is 8.84. The van der Waals surface area contributed by atoms with Gasteiger partial charge in [-0.15, -0.1) is 0 Å². The Morgan fingerprint density at radius 2 is 1.89 bits per heavy atom. The van der Waals surface area contributed by atoms with Gasteiger partial charge in [0, 0.05) is 18.3 Å². The number of carbonyl (C=O) groups is 2. The summed E-state index contributed by atoms with van der Waals surface area (Å²) in [7, 11) is 1.56. The summed E-state index contributed by atoms with van der Waals surface area (Å²) >= 11 is 0. The van der Waals surface area contributed by atoms with E-state index in [1.54, 1.807) is 31.4 Å². The summed E-state index contributed by atoms with van der Waals surface area (Å²) in [4.78, 5) is 26.1. The van der Waals surface area contributed by atoms with E-state index in [1.807, 2.05) is 39.0 Å². The van der Waals surface area contributed by atoms with E-state index < -0.39 is 0 Å². The lowest BCUT2D eigenvalue weighted by atomic mass is 10.1. The molecule has 0 bridgehead atoms. The van der Waals surface area contributed by atoms with Crippen LogP contribution in [0.4, 0.5) is 5.69 Å². The first kappa shape index (κ1) is 20.3. The van der Waals surface area contributed by atoms with Crippen LogP contribution in [0, 0.1) is 13.8 Å². The van der Waals surface area contributed by atoms with Crippen molar-refractivity contribution in [2.24, 2.45) is 0 Å². The standard InChI is InChI=1S/C21H26N2O4/c1-5-23(13-20(24)22-17-7-6-8-18(12-17)26-4)21(25)14-27-19-10-9-15(2)11-16(19)3/h6-12H,5,13-14H2,1-4H3,(H,22,24). The molecule has 2 rings (SSSR count). The van der Waals surface area contributed by atoms with E-state index in [-0.39, 0.29) is 25.0 Å². The zero-order chi connectivity index (χ0) is 19.8. The number of carbonyl (C=O) groups excluding carboxylic acids is 2. The van der Waals surface area contributed by atoms with Crippen molar-refractivity contribution in [2.75, 3.05) is 32.1 Å². The molecule has 144 valence electrons. The first-order chi connectivity index (χ1) is 12.9. The summed E-state index contributed by atoms with van der Waals surface area (Å²) in [6.45, 7) is 6.04. The number of methoxy groups -OCH3 is 1. The fraction of sp³-hybridized carbons (Fsp3) is 0.333. The molecule has 0 saturated carbocycles. The topological polar surface area (TPSA) is 67.9 Å². The van der Waals surface area contributed by atoms with E-state index in [0.717, 1.165) is 11.1 Å². The van der Waals surface area contributed by atoms with Gasteiger partial charge in [0.15, 0.2) is 6.61 Å². The van der Waals surface area contributed by atoms with Crippen molar-refractivity contribution in [3.05, 3.63) is 53.6 Å².